The molecule has 0 unspecified atom stereocenters. The average molecular weight is 387 g/mol. The minimum atomic E-state index is -0.728. The number of aromatic nitrogens is 2. The predicted octanol–water partition coefficient (Wildman–Crippen LogP) is 1.15. The average Bonchev–Trinajstić information content (AvgIpc) is 2.67. The lowest BCUT2D eigenvalue weighted by molar-refractivity contribution is -0.152. The summed E-state index contributed by atoms with van der Waals surface area (Å²) in [6.45, 7) is 9.31. The summed E-state index contributed by atoms with van der Waals surface area (Å²) in [6, 6.07) is 6.57. The summed E-state index contributed by atoms with van der Waals surface area (Å²) in [7, 11) is 0. The molecule has 0 aliphatic heterocycles. The number of fused-ring (bicyclic) bond motifs is 1. The number of hydrogen-bond donors (Lipinski definition) is 0. The third kappa shape index (κ3) is 4.57. The minimum absolute atomic E-state index is 0.183. The largest absolute Gasteiger partial charge is 0.454 e. The molecule has 1 amide bonds. The SMILES string of the molecule is C=C(C)CN(CC)C(=O)COC(=O)Cn1c(=O)n(CC)c(=O)c2ccccc21. The Kier molecular flexibility index (Phi) is 6.92. The summed E-state index contributed by atoms with van der Waals surface area (Å²) in [5.74, 6) is -1.07. The van der Waals surface area contributed by atoms with E-state index in [1.54, 1.807) is 31.2 Å². The molecule has 1 aromatic carbocycles. The summed E-state index contributed by atoms with van der Waals surface area (Å²) in [5.41, 5.74) is 0.178. The van der Waals surface area contributed by atoms with Crippen molar-refractivity contribution in [3.63, 3.8) is 0 Å². The summed E-state index contributed by atoms with van der Waals surface area (Å²) in [6.07, 6.45) is 0. The molecule has 1 aromatic heterocycles. The van der Waals surface area contributed by atoms with E-state index in [-0.39, 0.29) is 19.0 Å². The molecule has 0 radical (unpaired) electrons. The Bertz CT molecular complexity index is 1020. The first-order valence-corrected chi connectivity index (χ1v) is 9.10. The Hall–Kier alpha value is -3.16. The van der Waals surface area contributed by atoms with Crippen LogP contribution in [-0.2, 0) is 27.4 Å². The van der Waals surface area contributed by atoms with E-state index in [2.05, 4.69) is 6.58 Å². The molecule has 0 spiro atoms. The van der Waals surface area contributed by atoms with Gasteiger partial charge in [-0.25, -0.2) is 4.79 Å². The van der Waals surface area contributed by atoms with Gasteiger partial charge in [0, 0.05) is 19.6 Å². The van der Waals surface area contributed by atoms with Crippen LogP contribution in [0, 0.1) is 0 Å². The molecule has 2 aromatic rings. The van der Waals surface area contributed by atoms with Gasteiger partial charge in [0.25, 0.3) is 11.5 Å². The van der Waals surface area contributed by atoms with E-state index in [1.807, 2.05) is 13.8 Å². The highest BCUT2D eigenvalue weighted by Gasteiger charge is 2.17. The second-order valence-electron chi connectivity index (χ2n) is 6.46. The Morgan fingerprint density at radius 3 is 2.43 bits per heavy atom. The van der Waals surface area contributed by atoms with Gasteiger partial charge in [-0.05, 0) is 32.9 Å². The van der Waals surface area contributed by atoms with Gasteiger partial charge in [-0.2, -0.15) is 0 Å². The highest BCUT2D eigenvalue weighted by molar-refractivity contribution is 5.82. The third-order valence-electron chi connectivity index (χ3n) is 4.29. The first-order chi connectivity index (χ1) is 13.3. The lowest BCUT2D eigenvalue weighted by Crippen LogP contribution is -2.41. The molecule has 0 saturated carbocycles. The van der Waals surface area contributed by atoms with Gasteiger partial charge in [0.05, 0.1) is 10.9 Å². The maximum Gasteiger partial charge on any atom is 0.332 e. The Morgan fingerprint density at radius 1 is 1.14 bits per heavy atom. The van der Waals surface area contributed by atoms with Gasteiger partial charge in [0.15, 0.2) is 6.61 Å². The van der Waals surface area contributed by atoms with Crippen molar-refractivity contribution in [1.82, 2.24) is 14.0 Å². The Morgan fingerprint density at radius 2 is 1.82 bits per heavy atom. The van der Waals surface area contributed by atoms with E-state index in [9.17, 15) is 19.2 Å². The molecule has 0 bridgehead atoms. The van der Waals surface area contributed by atoms with Crippen molar-refractivity contribution in [1.29, 1.82) is 0 Å². The maximum atomic E-state index is 12.6. The fourth-order valence-corrected chi connectivity index (χ4v) is 2.91. The monoisotopic (exact) mass is 387 g/mol. The number of rotatable bonds is 8. The van der Waals surface area contributed by atoms with E-state index < -0.39 is 23.8 Å². The number of amides is 1. The molecule has 8 nitrogen and oxygen atoms in total. The highest BCUT2D eigenvalue weighted by atomic mass is 16.5. The molecule has 0 atom stereocenters. The minimum Gasteiger partial charge on any atom is -0.454 e. The zero-order chi connectivity index (χ0) is 20.8. The molecule has 8 heteroatoms. The normalized spacial score (nSPS) is 10.7. The topological polar surface area (TPSA) is 90.6 Å². The van der Waals surface area contributed by atoms with E-state index in [0.29, 0.717) is 24.0 Å². The zero-order valence-electron chi connectivity index (χ0n) is 16.4. The Labute approximate surface area is 162 Å². The summed E-state index contributed by atoms with van der Waals surface area (Å²) >= 11 is 0. The molecule has 1 heterocycles. The van der Waals surface area contributed by atoms with Crippen molar-refractivity contribution in [2.75, 3.05) is 19.7 Å². The lowest BCUT2D eigenvalue weighted by atomic mass is 10.2. The number of nitrogens with zero attached hydrogens (tertiary/aromatic N) is 3. The molecular weight excluding hydrogens is 362 g/mol. The van der Waals surface area contributed by atoms with Crippen molar-refractivity contribution in [2.45, 2.75) is 33.9 Å². The van der Waals surface area contributed by atoms with Gasteiger partial charge in [-0.15, -0.1) is 0 Å². The molecule has 0 N–H and O–H groups in total. The van der Waals surface area contributed by atoms with Crippen LogP contribution in [-0.4, -0.2) is 45.6 Å². The highest BCUT2D eigenvalue weighted by Crippen LogP contribution is 2.08. The number of carbonyl (C=O) groups is 2. The number of hydrogen-bond acceptors (Lipinski definition) is 5. The fraction of sp³-hybridized carbons (Fsp3) is 0.400. The maximum absolute atomic E-state index is 12.6. The molecule has 2 rings (SSSR count). The van der Waals surface area contributed by atoms with Gasteiger partial charge in [0.2, 0.25) is 0 Å². The second kappa shape index (κ2) is 9.16. The van der Waals surface area contributed by atoms with Crippen LogP contribution in [0.25, 0.3) is 10.9 Å². The molecule has 150 valence electrons. The number of carbonyl (C=O) groups excluding carboxylic acids is 2. The first-order valence-electron chi connectivity index (χ1n) is 9.10. The summed E-state index contributed by atoms with van der Waals surface area (Å²) in [4.78, 5) is 51.0. The van der Waals surface area contributed by atoms with E-state index in [4.69, 9.17) is 4.74 Å². The lowest BCUT2D eigenvalue weighted by Gasteiger charge is -2.20. The van der Waals surface area contributed by atoms with Crippen molar-refractivity contribution < 1.29 is 14.3 Å². The van der Waals surface area contributed by atoms with Gasteiger partial charge in [-0.3, -0.25) is 23.5 Å². The van der Waals surface area contributed by atoms with E-state index >= 15 is 0 Å². The molecule has 28 heavy (non-hydrogen) atoms. The van der Waals surface area contributed by atoms with Crippen molar-refractivity contribution in [3.8, 4) is 0 Å². The molecular formula is C20H25N3O5. The summed E-state index contributed by atoms with van der Waals surface area (Å²) < 4.78 is 7.33. The van der Waals surface area contributed by atoms with Crippen LogP contribution < -0.4 is 11.2 Å². The molecule has 0 saturated heterocycles. The van der Waals surface area contributed by atoms with Gasteiger partial charge in [0.1, 0.15) is 6.54 Å². The molecule has 0 aliphatic rings. The second-order valence-corrected chi connectivity index (χ2v) is 6.46. The van der Waals surface area contributed by atoms with Crippen LogP contribution in [0.15, 0.2) is 46.0 Å². The molecule has 0 fully saturated rings. The zero-order valence-corrected chi connectivity index (χ0v) is 16.4. The fourth-order valence-electron chi connectivity index (χ4n) is 2.91. The van der Waals surface area contributed by atoms with Crippen LogP contribution >= 0.6 is 0 Å². The number of para-hydroxylation sites is 1. The quantitative estimate of drug-likeness (QED) is 0.501. The van der Waals surface area contributed by atoms with Crippen molar-refractivity contribution >= 4 is 22.8 Å². The van der Waals surface area contributed by atoms with Gasteiger partial charge < -0.3 is 9.64 Å². The summed E-state index contributed by atoms with van der Waals surface area (Å²) in [5, 5.41) is 0.339. The predicted molar refractivity (Wildman–Crippen MR) is 106 cm³/mol. The van der Waals surface area contributed by atoms with Gasteiger partial charge >= 0.3 is 11.7 Å². The van der Waals surface area contributed by atoms with Crippen LogP contribution in [0.1, 0.15) is 20.8 Å². The van der Waals surface area contributed by atoms with Crippen LogP contribution in [0.3, 0.4) is 0 Å². The smallest absolute Gasteiger partial charge is 0.332 e. The number of benzene rings is 1. The van der Waals surface area contributed by atoms with Gasteiger partial charge in [-0.1, -0.05) is 24.3 Å². The third-order valence-corrected chi connectivity index (χ3v) is 4.29. The number of likely N-dealkylation sites (N-methyl/N-ethyl adjacent to an activating group) is 1. The van der Waals surface area contributed by atoms with Crippen LogP contribution in [0.5, 0.6) is 0 Å². The van der Waals surface area contributed by atoms with Crippen LogP contribution in [0.2, 0.25) is 0 Å². The van der Waals surface area contributed by atoms with E-state index in [1.165, 1.54) is 9.47 Å². The number of esters is 1. The first kappa shape index (κ1) is 21.1. The standard InChI is InChI=1S/C20H25N3O5/c1-5-21(11-14(3)4)17(24)13-28-18(25)12-23-16-10-8-7-9-15(16)19(26)22(6-2)20(23)27/h7-10H,3,5-6,11-13H2,1-2,4H3. The Balaban J connectivity index is 2.22. The van der Waals surface area contributed by atoms with Crippen molar-refractivity contribution in [2.24, 2.45) is 0 Å². The van der Waals surface area contributed by atoms with Crippen LogP contribution in [0.4, 0.5) is 0 Å². The molecule has 0 aliphatic carbocycles. The van der Waals surface area contributed by atoms with E-state index in [0.717, 1.165) is 10.1 Å². The number of ether oxygens (including phenoxy) is 1. The van der Waals surface area contributed by atoms with Crippen molar-refractivity contribution in [3.05, 3.63) is 57.3 Å².